The number of aromatic nitrogens is 1. The average Bonchev–Trinajstić information content (AvgIpc) is 2.91. The van der Waals surface area contributed by atoms with Gasteiger partial charge in [-0.2, -0.15) is 0 Å². The number of nitrogens with zero attached hydrogens (tertiary/aromatic N) is 1. The van der Waals surface area contributed by atoms with Crippen molar-refractivity contribution < 1.29 is 27.5 Å². The van der Waals surface area contributed by atoms with Crippen LogP contribution < -0.4 is 15.5 Å². The van der Waals surface area contributed by atoms with Crippen molar-refractivity contribution in [3.63, 3.8) is 0 Å². The van der Waals surface area contributed by atoms with Crippen molar-refractivity contribution in [2.24, 2.45) is 5.92 Å². The topological polar surface area (TPSA) is 116 Å². The van der Waals surface area contributed by atoms with Crippen molar-refractivity contribution in [1.82, 2.24) is 15.8 Å². The van der Waals surface area contributed by atoms with Crippen LogP contribution in [0.25, 0.3) is 0 Å². The van der Waals surface area contributed by atoms with E-state index in [1.54, 1.807) is 57.4 Å². The zero-order chi connectivity index (χ0) is 27.8. The van der Waals surface area contributed by atoms with Crippen molar-refractivity contribution >= 4 is 15.7 Å². The first-order chi connectivity index (χ1) is 18.0. The minimum atomic E-state index is -4.27. The van der Waals surface area contributed by atoms with Gasteiger partial charge in [0.2, 0.25) is 14.7 Å². The van der Waals surface area contributed by atoms with E-state index in [1.165, 1.54) is 19.2 Å². The molecule has 1 amide bonds. The second-order valence-electron chi connectivity index (χ2n) is 10.6. The van der Waals surface area contributed by atoms with Crippen LogP contribution in [0.1, 0.15) is 65.4 Å². The molecule has 1 heterocycles. The molecular formula is C28H41N3O6S. The lowest BCUT2D eigenvalue weighted by Crippen LogP contribution is -2.66. The van der Waals surface area contributed by atoms with Crippen LogP contribution in [0.3, 0.4) is 0 Å². The quantitative estimate of drug-likeness (QED) is 0.380. The standard InChI is InChI=1S/C28H41N3O6S/c1-6-19-36-24-9-7-22(8-10-24)28(26(32)31-37-27(2,3)4,30-20-21-15-17-29-18-16-21)38(33,34)25-13-11-23(35-5)12-14-25/h11-18,22,24,30H,6-10,19-20H2,1-5H3,(H,31,32)/t22?,24?,28-/m1/s1. The molecule has 0 saturated heterocycles. The number of pyridine rings is 1. The van der Waals surface area contributed by atoms with E-state index < -0.39 is 32.1 Å². The molecule has 1 saturated carbocycles. The van der Waals surface area contributed by atoms with Gasteiger partial charge in [-0.1, -0.05) is 6.92 Å². The van der Waals surface area contributed by atoms with Crippen LogP contribution in [-0.4, -0.2) is 49.6 Å². The lowest BCUT2D eigenvalue weighted by Gasteiger charge is -2.42. The predicted molar refractivity (Wildman–Crippen MR) is 145 cm³/mol. The molecule has 210 valence electrons. The first kappa shape index (κ1) is 30.0. The van der Waals surface area contributed by atoms with Gasteiger partial charge < -0.3 is 9.47 Å². The molecule has 1 fully saturated rings. The first-order valence-corrected chi connectivity index (χ1v) is 14.6. The maximum atomic E-state index is 14.5. The largest absolute Gasteiger partial charge is 0.497 e. The van der Waals surface area contributed by atoms with E-state index in [2.05, 4.69) is 22.7 Å². The summed E-state index contributed by atoms with van der Waals surface area (Å²) < 4.78 is 40.2. The van der Waals surface area contributed by atoms with Crippen molar-refractivity contribution in [1.29, 1.82) is 0 Å². The van der Waals surface area contributed by atoms with Crippen LogP contribution in [0.5, 0.6) is 5.75 Å². The smallest absolute Gasteiger partial charge is 0.280 e. The zero-order valence-electron chi connectivity index (χ0n) is 23.0. The molecule has 1 aliphatic rings. The Balaban J connectivity index is 2.08. The monoisotopic (exact) mass is 547 g/mol. The number of benzene rings is 1. The van der Waals surface area contributed by atoms with Gasteiger partial charge in [0.15, 0.2) is 0 Å². The molecule has 1 atom stereocenters. The molecule has 0 bridgehead atoms. The predicted octanol–water partition coefficient (Wildman–Crippen LogP) is 4.18. The van der Waals surface area contributed by atoms with E-state index in [-0.39, 0.29) is 17.5 Å². The SMILES string of the molecule is CCCOC1CCC([C@](NCc2ccncc2)(C(=O)NOC(C)(C)C)S(=O)(=O)c2ccc(OC)cc2)CC1. The van der Waals surface area contributed by atoms with E-state index in [4.69, 9.17) is 14.3 Å². The van der Waals surface area contributed by atoms with Crippen molar-refractivity contribution in [2.45, 2.75) is 87.8 Å². The van der Waals surface area contributed by atoms with Gasteiger partial charge >= 0.3 is 0 Å². The minimum Gasteiger partial charge on any atom is -0.497 e. The molecule has 3 rings (SSSR count). The van der Waals surface area contributed by atoms with Gasteiger partial charge in [-0.3, -0.25) is 19.9 Å². The number of amides is 1. The van der Waals surface area contributed by atoms with Gasteiger partial charge in [-0.15, -0.1) is 0 Å². The van der Waals surface area contributed by atoms with Gasteiger partial charge in [0.05, 0.1) is 23.7 Å². The highest BCUT2D eigenvalue weighted by Crippen LogP contribution is 2.41. The van der Waals surface area contributed by atoms with Crippen LogP contribution in [0.15, 0.2) is 53.7 Å². The fraction of sp³-hybridized carbons (Fsp3) is 0.571. The number of sulfone groups is 1. The number of hydrogen-bond acceptors (Lipinski definition) is 8. The number of hydroxylamine groups is 1. The number of methoxy groups -OCH3 is 1. The van der Waals surface area contributed by atoms with Crippen LogP contribution in [0.4, 0.5) is 0 Å². The van der Waals surface area contributed by atoms with Gasteiger partial charge in [-0.05, 0) is 94.8 Å². The number of hydrogen-bond donors (Lipinski definition) is 2. The lowest BCUT2D eigenvalue weighted by atomic mass is 9.81. The Morgan fingerprint density at radius 1 is 1.03 bits per heavy atom. The van der Waals surface area contributed by atoms with E-state index in [0.29, 0.717) is 38.0 Å². The van der Waals surface area contributed by atoms with E-state index >= 15 is 0 Å². The highest BCUT2D eigenvalue weighted by Gasteiger charge is 2.57. The molecule has 9 nitrogen and oxygen atoms in total. The molecule has 0 spiro atoms. The summed E-state index contributed by atoms with van der Waals surface area (Å²) in [6.07, 6.45) is 6.54. The first-order valence-electron chi connectivity index (χ1n) is 13.2. The Bertz CT molecular complexity index is 1130. The minimum absolute atomic E-state index is 0.0239. The lowest BCUT2D eigenvalue weighted by molar-refractivity contribution is -0.151. The fourth-order valence-corrected chi connectivity index (χ4v) is 6.81. The summed E-state index contributed by atoms with van der Waals surface area (Å²) in [5.74, 6) is -0.745. The zero-order valence-corrected chi connectivity index (χ0v) is 23.8. The number of carbonyl (C=O) groups is 1. The molecular weight excluding hydrogens is 506 g/mol. The van der Waals surface area contributed by atoms with E-state index in [9.17, 15) is 13.2 Å². The highest BCUT2D eigenvalue weighted by molar-refractivity contribution is 7.93. The van der Waals surface area contributed by atoms with Gasteiger partial charge in [-0.25, -0.2) is 13.9 Å². The van der Waals surface area contributed by atoms with Crippen LogP contribution in [-0.2, 0) is 30.8 Å². The van der Waals surface area contributed by atoms with Crippen molar-refractivity contribution in [3.05, 3.63) is 54.4 Å². The Labute approximate surface area is 226 Å². The Morgan fingerprint density at radius 3 is 2.21 bits per heavy atom. The fourth-order valence-electron chi connectivity index (χ4n) is 4.72. The van der Waals surface area contributed by atoms with E-state index in [0.717, 1.165) is 12.0 Å². The molecule has 2 N–H and O–H groups in total. The maximum Gasteiger partial charge on any atom is 0.280 e. The second-order valence-corrected chi connectivity index (χ2v) is 12.7. The molecule has 1 aromatic carbocycles. The number of rotatable bonds is 12. The average molecular weight is 548 g/mol. The highest BCUT2D eigenvalue weighted by atomic mass is 32.2. The summed E-state index contributed by atoms with van der Waals surface area (Å²) in [5, 5.41) is 3.20. The van der Waals surface area contributed by atoms with Crippen molar-refractivity contribution in [2.75, 3.05) is 13.7 Å². The Kier molecular flexibility index (Phi) is 10.3. The summed E-state index contributed by atoms with van der Waals surface area (Å²) >= 11 is 0. The third-order valence-electron chi connectivity index (χ3n) is 6.69. The Morgan fingerprint density at radius 2 is 1.66 bits per heavy atom. The normalized spacial score (nSPS) is 19.9. The van der Waals surface area contributed by atoms with Gasteiger partial charge in [0.1, 0.15) is 5.75 Å². The van der Waals surface area contributed by atoms with Gasteiger partial charge in [0.25, 0.3) is 5.91 Å². The third-order valence-corrected chi connectivity index (χ3v) is 9.10. The summed E-state index contributed by atoms with van der Waals surface area (Å²) in [7, 11) is -2.76. The van der Waals surface area contributed by atoms with E-state index in [1.807, 2.05) is 0 Å². The summed E-state index contributed by atoms with van der Waals surface area (Å²) in [4.78, 5) is 21.8. The maximum absolute atomic E-state index is 14.5. The molecule has 10 heteroatoms. The van der Waals surface area contributed by atoms with Crippen LogP contribution in [0, 0.1) is 5.92 Å². The summed E-state index contributed by atoms with van der Waals surface area (Å²) in [6.45, 7) is 8.22. The number of carbonyl (C=O) groups excluding carboxylic acids is 1. The van der Waals surface area contributed by atoms with Crippen molar-refractivity contribution in [3.8, 4) is 5.75 Å². The molecule has 2 aromatic rings. The number of ether oxygens (including phenoxy) is 2. The summed E-state index contributed by atoms with van der Waals surface area (Å²) in [6, 6.07) is 9.70. The van der Waals surface area contributed by atoms with Crippen LogP contribution >= 0.6 is 0 Å². The number of nitrogens with one attached hydrogen (secondary N) is 2. The molecule has 0 radical (unpaired) electrons. The third kappa shape index (κ3) is 7.11. The van der Waals surface area contributed by atoms with Gasteiger partial charge in [0, 0.05) is 31.5 Å². The molecule has 1 aliphatic carbocycles. The second kappa shape index (κ2) is 13.0. The molecule has 0 aliphatic heterocycles. The summed E-state index contributed by atoms with van der Waals surface area (Å²) in [5.41, 5.74) is 2.58. The molecule has 0 unspecified atom stereocenters. The molecule has 38 heavy (non-hydrogen) atoms. The van der Waals surface area contributed by atoms with Crippen LogP contribution in [0.2, 0.25) is 0 Å². The Hall–Kier alpha value is -2.53. The molecule has 1 aromatic heterocycles.